The van der Waals surface area contributed by atoms with E-state index in [9.17, 15) is 13.2 Å². The second-order valence-corrected chi connectivity index (χ2v) is 10.3. The Hall–Kier alpha value is -2.36. The molecule has 0 aromatic heterocycles. The molecule has 2 N–H and O–H groups in total. The standard InChI is InChI=1S/C22H18Cl4N2O5S/c1-11-4-5-13(8-14(11)22(29)27-21-16(25)6-12(23)7-17(21)26)34(30,31)28-18-9-15(24)19(32-2)10-20(18)33-3/h4-10,28H,1-3H3,(H,27,29). The molecule has 3 aromatic rings. The molecule has 34 heavy (non-hydrogen) atoms. The Balaban J connectivity index is 1.95. The average Bonchev–Trinajstić information content (AvgIpc) is 2.76. The van der Waals surface area contributed by atoms with Crippen molar-refractivity contribution in [2.45, 2.75) is 11.8 Å². The topological polar surface area (TPSA) is 93.7 Å². The van der Waals surface area contributed by atoms with Crippen LogP contribution in [0.2, 0.25) is 20.1 Å². The van der Waals surface area contributed by atoms with Crippen LogP contribution < -0.4 is 19.5 Å². The summed E-state index contributed by atoms with van der Waals surface area (Å²) in [5.74, 6) is -0.0945. The van der Waals surface area contributed by atoms with E-state index >= 15 is 0 Å². The average molecular weight is 564 g/mol. The summed E-state index contributed by atoms with van der Waals surface area (Å²) in [4.78, 5) is 12.8. The summed E-state index contributed by atoms with van der Waals surface area (Å²) in [7, 11) is -1.33. The van der Waals surface area contributed by atoms with Crippen molar-refractivity contribution in [2.75, 3.05) is 24.3 Å². The number of halogens is 4. The van der Waals surface area contributed by atoms with Crippen molar-refractivity contribution in [3.05, 3.63) is 73.7 Å². The Kier molecular flexibility index (Phi) is 8.10. The number of ether oxygens (including phenoxy) is 2. The van der Waals surface area contributed by atoms with Crippen LogP contribution in [0.25, 0.3) is 0 Å². The van der Waals surface area contributed by atoms with E-state index in [1.807, 2.05) is 0 Å². The van der Waals surface area contributed by atoms with E-state index in [2.05, 4.69) is 10.0 Å². The van der Waals surface area contributed by atoms with Gasteiger partial charge in [-0.25, -0.2) is 8.42 Å². The summed E-state index contributed by atoms with van der Waals surface area (Å²) in [6.45, 7) is 1.66. The second kappa shape index (κ2) is 10.5. The minimum atomic E-state index is -4.13. The Morgan fingerprint density at radius 1 is 0.853 bits per heavy atom. The fraction of sp³-hybridized carbons (Fsp3) is 0.136. The van der Waals surface area contributed by atoms with Crippen molar-refractivity contribution in [3.8, 4) is 11.5 Å². The number of nitrogens with one attached hydrogen (secondary N) is 2. The molecular weight excluding hydrogens is 546 g/mol. The highest BCUT2D eigenvalue weighted by Gasteiger charge is 2.22. The van der Waals surface area contributed by atoms with E-state index in [0.717, 1.165) is 0 Å². The first-order valence-corrected chi connectivity index (χ1v) is 12.5. The Morgan fingerprint density at radius 3 is 2.06 bits per heavy atom. The lowest BCUT2D eigenvalue weighted by Gasteiger charge is -2.15. The van der Waals surface area contributed by atoms with Gasteiger partial charge in [0.25, 0.3) is 15.9 Å². The van der Waals surface area contributed by atoms with Crippen LogP contribution in [0.5, 0.6) is 11.5 Å². The van der Waals surface area contributed by atoms with Crippen LogP contribution in [-0.4, -0.2) is 28.5 Å². The molecule has 0 heterocycles. The maximum absolute atomic E-state index is 13.1. The van der Waals surface area contributed by atoms with Gasteiger partial charge in [-0.05, 0) is 42.8 Å². The molecule has 0 spiro atoms. The van der Waals surface area contributed by atoms with E-state index in [0.29, 0.717) is 16.3 Å². The van der Waals surface area contributed by atoms with Gasteiger partial charge in [-0.1, -0.05) is 52.5 Å². The summed E-state index contributed by atoms with van der Waals surface area (Å²) < 4.78 is 39.0. The highest BCUT2D eigenvalue weighted by atomic mass is 35.5. The quantitative estimate of drug-likeness (QED) is 0.334. The normalized spacial score (nSPS) is 11.1. The van der Waals surface area contributed by atoms with Gasteiger partial charge in [-0.2, -0.15) is 0 Å². The molecule has 0 aliphatic rings. The van der Waals surface area contributed by atoms with Crippen LogP contribution >= 0.6 is 46.4 Å². The highest BCUT2D eigenvalue weighted by molar-refractivity contribution is 7.92. The monoisotopic (exact) mass is 562 g/mol. The van der Waals surface area contributed by atoms with Gasteiger partial charge < -0.3 is 14.8 Å². The highest BCUT2D eigenvalue weighted by Crippen LogP contribution is 2.37. The number of methoxy groups -OCH3 is 2. The fourth-order valence-corrected chi connectivity index (χ4v) is 5.24. The lowest BCUT2D eigenvalue weighted by atomic mass is 10.1. The number of carbonyl (C=O) groups is 1. The Morgan fingerprint density at radius 2 is 1.47 bits per heavy atom. The predicted octanol–water partition coefficient (Wildman–Crippen LogP) is 6.68. The summed E-state index contributed by atoms with van der Waals surface area (Å²) >= 11 is 24.3. The number of anilines is 2. The van der Waals surface area contributed by atoms with Crippen LogP contribution in [0.1, 0.15) is 15.9 Å². The molecule has 180 valence electrons. The van der Waals surface area contributed by atoms with Gasteiger partial charge in [0.15, 0.2) is 0 Å². The molecule has 0 radical (unpaired) electrons. The molecule has 0 aliphatic carbocycles. The lowest BCUT2D eigenvalue weighted by Crippen LogP contribution is -2.17. The predicted molar refractivity (Wildman–Crippen MR) is 136 cm³/mol. The van der Waals surface area contributed by atoms with Gasteiger partial charge in [-0.15, -0.1) is 0 Å². The van der Waals surface area contributed by atoms with Crippen LogP contribution in [-0.2, 0) is 10.0 Å². The number of benzene rings is 3. The summed E-state index contributed by atoms with van der Waals surface area (Å²) in [5.41, 5.74) is 0.883. The molecule has 3 rings (SSSR count). The van der Waals surface area contributed by atoms with Crippen molar-refractivity contribution in [2.24, 2.45) is 0 Å². The van der Waals surface area contributed by atoms with Gasteiger partial charge in [0.1, 0.15) is 11.5 Å². The van der Waals surface area contributed by atoms with E-state index in [1.165, 1.54) is 56.7 Å². The summed E-state index contributed by atoms with van der Waals surface area (Å²) in [6, 6.07) is 9.78. The van der Waals surface area contributed by atoms with Crippen molar-refractivity contribution in [1.82, 2.24) is 0 Å². The SMILES string of the molecule is COc1cc(OC)c(NS(=O)(=O)c2ccc(C)c(C(=O)Nc3c(Cl)cc(Cl)cc3Cl)c2)cc1Cl. The van der Waals surface area contributed by atoms with E-state index in [-0.39, 0.29) is 42.7 Å². The molecule has 0 aliphatic heterocycles. The molecule has 0 bridgehead atoms. The van der Waals surface area contributed by atoms with Gasteiger partial charge in [-0.3, -0.25) is 9.52 Å². The minimum absolute atomic E-state index is 0.0969. The first-order chi connectivity index (χ1) is 16.0. The number of aryl methyl sites for hydroxylation is 1. The molecule has 0 saturated heterocycles. The third-order valence-corrected chi connectivity index (χ3v) is 7.20. The fourth-order valence-electron chi connectivity index (χ4n) is 3.00. The van der Waals surface area contributed by atoms with Crippen LogP contribution in [0.4, 0.5) is 11.4 Å². The summed E-state index contributed by atoms with van der Waals surface area (Å²) in [5, 5.41) is 3.36. The molecule has 7 nitrogen and oxygen atoms in total. The lowest BCUT2D eigenvalue weighted by molar-refractivity contribution is 0.102. The first kappa shape index (κ1) is 26.2. The second-order valence-electron chi connectivity index (χ2n) is 6.97. The van der Waals surface area contributed by atoms with Crippen molar-refractivity contribution in [1.29, 1.82) is 0 Å². The molecule has 0 saturated carbocycles. The molecule has 0 unspecified atom stereocenters. The molecule has 12 heteroatoms. The maximum Gasteiger partial charge on any atom is 0.262 e. The molecule has 0 fully saturated rings. The number of amides is 1. The largest absolute Gasteiger partial charge is 0.495 e. The molecule has 0 atom stereocenters. The van der Waals surface area contributed by atoms with Crippen LogP contribution in [0.3, 0.4) is 0 Å². The zero-order valence-electron chi connectivity index (χ0n) is 18.0. The molecule has 1 amide bonds. The Bertz CT molecular complexity index is 1360. The summed E-state index contributed by atoms with van der Waals surface area (Å²) in [6.07, 6.45) is 0. The van der Waals surface area contributed by atoms with Crippen molar-refractivity contribution >= 4 is 73.7 Å². The van der Waals surface area contributed by atoms with E-state index in [4.69, 9.17) is 55.9 Å². The van der Waals surface area contributed by atoms with E-state index < -0.39 is 15.9 Å². The van der Waals surface area contributed by atoms with Crippen molar-refractivity contribution < 1.29 is 22.7 Å². The first-order valence-electron chi connectivity index (χ1n) is 9.47. The van der Waals surface area contributed by atoms with Crippen LogP contribution in [0, 0.1) is 6.92 Å². The van der Waals surface area contributed by atoms with Gasteiger partial charge in [0, 0.05) is 16.7 Å². The molecular formula is C22H18Cl4N2O5S. The van der Waals surface area contributed by atoms with Crippen LogP contribution in [0.15, 0.2) is 47.4 Å². The Labute approximate surface area is 216 Å². The number of sulfonamides is 1. The van der Waals surface area contributed by atoms with E-state index in [1.54, 1.807) is 6.92 Å². The zero-order valence-corrected chi connectivity index (χ0v) is 21.8. The minimum Gasteiger partial charge on any atom is -0.495 e. The smallest absolute Gasteiger partial charge is 0.262 e. The molecule has 3 aromatic carbocycles. The number of rotatable bonds is 7. The zero-order chi connectivity index (χ0) is 25.2. The maximum atomic E-state index is 13.1. The number of hydrogen-bond acceptors (Lipinski definition) is 5. The van der Waals surface area contributed by atoms with Gasteiger partial charge in [0.2, 0.25) is 0 Å². The van der Waals surface area contributed by atoms with Gasteiger partial charge >= 0.3 is 0 Å². The third-order valence-electron chi connectivity index (χ3n) is 4.73. The number of hydrogen-bond donors (Lipinski definition) is 2. The van der Waals surface area contributed by atoms with Crippen molar-refractivity contribution in [3.63, 3.8) is 0 Å². The number of carbonyl (C=O) groups excluding carboxylic acids is 1. The third kappa shape index (κ3) is 5.64. The van der Waals surface area contributed by atoms with Gasteiger partial charge in [0.05, 0.1) is 45.6 Å².